The van der Waals surface area contributed by atoms with Crippen molar-refractivity contribution in [2.24, 2.45) is 0 Å². The average Bonchev–Trinajstić information content (AvgIpc) is 3.02. The minimum Gasteiger partial charge on any atom is -0.313 e. The molecule has 0 amide bonds. The molecule has 0 radical (unpaired) electrons. The maximum Gasteiger partial charge on any atom is 0.162 e. The molecule has 0 spiro atoms. The van der Waals surface area contributed by atoms with Crippen LogP contribution in [0.3, 0.4) is 0 Å². The van der Waals surface area contributed by atoms with Crippen molar-refractivity contribution < 1.29 is 8.78 Å². The van der Waals surface area contributed by atoms with Crippen molar-refractivity contribution in [2.45, 2.75) is 31.7 Å². The second kappa shape index (κ2) is 4.27. The summed E-state index contributed by atoms with van der Waals surface area (Å²) >= 11 is 0. The molecule has 0 heterocycles. The number of nitrogens with one attached hydrogen (secondary N) is 1. The average molecular weight is 211 g/mol. The van der Waals surface area contributed by atoms with Crippen LogP contribution >= 0.6 is 0 Å². The fourth-order valence-corrected chi connectivity index (χ4v) is 1.64. The lowest BCUT2D eigenvalue weighted by Gasteiger charge is -2.13. The van der Waals surface area contributed by atoms with Crippen LogP contribution in [0.5, 0.6) is 0 Å². The summed E-state index contributed by atoms with van der Waals surface area (Å²) in [5, 5.41) is 3.31. The molecule has 3 heteroatoms. The normalized spacial score (nSPS) is 17.8. The highest BCUT2D eigenvalue weighted by molar-refractivity contribution is 5.22. The molecular weight excluding hydrogens is 196 g/mol. The highest BCUT2D eigenvalue weighted by atomic mass is 19.2. The minimum atomic E-state index is -0.759. The van der Waals surface area contributed by atoms with Gasteiger partial charge in [-0.05, 0) is 30.4 Å². The number of benzene rings is 1. The van der Waals surface area contributed by atoms with Crippen LogP contribution < -0.4 is 5.32 Å². The molecule has 1 unspecified atom stereocenters. The smallest absolute Gasteiger partial charge is 0.162 e. The fraction of sp³-hybridized carbons (Fsp3) is 0.500. The van der Waals surface area contributed by atoms with E-state index in [0.717, 1.165) is 6.07 Å². The van der Waals surface area contributed by atoms with E-state index >= 15 is 0 Å². The zero-order valence-electron chi connectivity index (χ0n) is 8.76. The molecule has 0 saturated heterocycles. The molecule has 82 valence electrons. The summed E-state index contributed by atoms with van der Waals surface area (Å²) in [5.41, 5.74) is 0.461. The van der Waals surface area contributed by atoms with Gasteiger partial charge in [0, 0.05) is 12.6 Å². The van der Waals surface area contributed by atoms with Crippen molar-refractivity contribution >= 4 is 0 Å². The van der Waals surface area contributed by atoms with Gasteiger partial charge in [-0.25, -0.2) is 8.78 Å². The molecule has 15 heavy (non-hydrogen) atoms. The maximum absolute atomic E-state index is 13.4. The molecule has 1 saturated carbocycles. The van der Waals surface area contributed by atoms with Gasteiger partial charge in [0.05, 0.1) is 0 Å². The van der Waals surface area contributed by atoms with E-state index in [1.54, 1.807) is 12.1 Å². The van der Waals surface area contributed by atoms with Crippen LogP contribution in [0.1, 0.15) is 31.2 Å². The lowest BCUT2D eigenvalue weighted by Crippen LogP contribution is -2.22. The molecule has 1 nitrogen and oxygen atoms in total. The third-order valence-electron chi connectivity index (χ3n) is 2.80. The summed E-state index contributed by atoms with van der Waals surface area (Å²) in [5.74, 6) is -1.45. The van der Waals surface area contributed by atoms with Gasteiger partial charge in [-0.2, -0.15) is 0 Å². The van der Waals surface area contributed by atoms with Crippen LogP contribution in [-0.2, 0) is 0 Å². The number of hydrogen-bond donors (Lipinski definition) is 1. The lowest BCUT2D eigenvalue weighted by molar-refractivity contribution is 0.485. The van der Waals surface area contributed by atoms with Gasteiger partial charge in [-0.1, -0.05) is 19.1 Å². The Bertz CT molecular complexity index is 347. The molecule has 0 aromatic heterocycles. The molecule has 1 aliphatic rings. The van der Waals surface area contributed by atoms with Crippen LogP contribution in [0.2, 0.25) is 0 Å². The largest absolute Gasteiger partial charge is 0.313 e. The molecule has 1 aromatic carbocycles. The molecule has 0 bridgehead atoms. The van der Waals surface area contributed by atoms with Crippen molar-refractivity contribution in [3.63, 3.8) is 0 Å². The SMILES string of the molecule is CC(CNC1CC1)c1cccc(F)c1F. The second-order valence-electron chi connectivity index (χ2n) is 4.23. The first kappa shape index (κ1) is 10.6. The van der Waals surface area contributed by atoms with Crippen molar-refractivity contribution in [3.05, 3.63) is 35.4 Å². The van der Waals surface area contributed by atoms with E-state index in [0.29, 0.717) is 18.2 Å². The van der Waals surface area contributed by atoms with Gasteiger partial charge < -0.3 is 5.32 Å². The van der Waals surface area contributed by atoms with Gasteiger partial charge in [-0.15, -0.1) is 0 Å². The summed E-state index contributed by atoms with van der Waals surface area (Å²) in [6.07, 6.45) is 2.41. The first-order valence-electron chi connectivity index (χ1n) is 5.35. The Morgan fingerprint density at radius 1 is 1.40 bits per heavy atom. The number of rotatable bonds is 4. The molecule has 1 atom stereocenters. The summed E-state index contributed by atoms with van der Waals surface area (Å²) in [6.45, 7) is 2.62. The van der Waals surface area contributed by atoms with Crippen molar-refractivity contribution in [1.29, 1.82) is 0 Å². The first-order valence-corrected chi connectivity index (χ1v) is 5.35. The molecule has 1 fully saturated rings. The van der Waals surface area contributed by atoms with Gasteiger partial charge in [-0.3, -0.25) is 0 Å². The Morgan fingerprint density at radius 2 is 2.13 bits per heavy atom. The van der Waals surface area contributed by atoms with Gasteiger partial charge in [0.2, 0.25) is 0 Å². The molecule has 0 aliphatic heterocycles. The van der Waals surface area contributed by atoms with Crippen molar-refractivity contribution in [1.82, 2.24) is 5.32 Å². The van der Waals surface area contributed by atoms with Crippen molar-refractivity contribution in [2.75, 3.05) is 6.54 Å². The lowest BCUT2D eigenvalue weighted by atomic mass is 10.0. The predicted molar refractivity (Wildman–Crippen MR) is 55.8 cm³/mol. The standard InChI is InChI=1S/C12H15F2N/c1-8(7-15-9-5-6-9)10-3-2-4-11(13)12(10)14/h2-4,8-9,15H,5-7H2,1H3. The Kier molecular flexibility index (Phi) is 3.00. The van der Waals surface area contributed by atoms with E-state index in [1.165, 1.54) is 12.8 Å². The molecule has 1 aliphatic carbocycles. The monoisotopic (exact) mass is 211 g/mol. The van der Waals surface area contributed by atoms with Crippen LogP contribution in [0, 0.1) is 11.6 Å². The molecule has 2 rings (SSSR count). The molecule has 1 aromatic rings. The zero-order valence-corrected chi connectivity index (χ0v) is 8.76. The van der Waals surface area contributed by atoms with Crippen LogP contribution in [0.15, 0.2) is 18.2 Å². The van der Waals surface area contributed by atoms with Gasteiger partial charge in [0.1, 0.15) is 0 Å². The quantitative estimate of drug-likeness (QED) is 0.807. The summed E-state index contributed by atoms with van der Waals surface area (Å²) in [6, 6.07) is 4.96. The third-order valence-corrected chi connectivity index (χ3v) is 2.80. The Morgan fingerprint density at radius 3 is 2.80 bits per heavy atom. The maximum atomic E-state index is 13.4. The van der Waals surface area contributed by atoms with Crippen molar-refractivity contribution in [3.8, 4) is 0 Å². The summed E-state index contributed by atoms with van der Waals surface area (Å²) in [7, 11) is 0. The number of halogens is 2. The van der Waals surface area contributed by atoms with E-state index in [1.807, 2.05) is 6.92 Å². The van der Waals surface area contributed by atoms with E-state index in [4.69, 9.17) is 0 Å². The third kappa shape index (κ3) is 2.53. The van der Waals surface area contributed by atoms with Crippen LogP contribution in [-0.4, -0.2) is 12.6 Å². The first-order chi connectivity index (χ1) is 7.18. The van der Waals surface area contributed by atoms with Crippen LogP contribution in [0.4, 0.5) is 8.78 Å². The summed E-state index contributed by atoms with van der Waals surface area (Å²) in [4.78, 5) is 0. The Labute approximate surface area is 88.5 Å². The topological polar surface area (TPSA) is 12.0 Å². The zero-order chi connectivity index (χ0) is 10.8. The van der Waals surface area contributed by atoms with E-state index in [2.05, 4.69) is 5.32 Å². The predicted octanol–water partition coefficient (Wildman–Crippen LogP) is 2.82. The fourth-order valence-electron chi connectivity index (χ4n) is 1.64. The summed E-state index contributed by atoms with van der Waals surface area (Å²) < 4.78 is 26.3. The minimum absolute atomic E-state index is 0.0151. The molecular formula is C12H15F2N. The van der Waals surface area contributed by atoms with E-state index in [-0.39, 0.29) is 5.92 Å². The second-order valence-corrected chi connectivity index (χ2v) is 4.23. The van der Waals surface area contributed by atoms with Gasteiger partial charge in [0.25, 0.3) is 0 Å². The van der Waals surface area contributed by atoms with E-state index in [9.17, 15) is 8.78 Å². The Hall–Kier alpha value is -0.960. The van der Waals surface area contributed by atoms with Gasteiger partial charge in [0.15, 0.2) is 11.6 Å². The molecule has 1 N–H and O–H groups in total. The highest BCUT2D eigenvalue weighted by Crippen LogP contribution is 2.23. The van der Waals surface area contributed by atoms with E-state index < -0.39 is 11.6 Å². The van der Waals surface area contributed by atoms with Gasteiger partial charge >= 0.3 is 0 Å². The Balaban J connectivity index is 2.02. The van der Waals surface area contributed by atoms with Crippen LogP contribution in [0.25, 0.3) is 0 Å². The highest BCUT2D eigenvalue weighted by Gasteiger charge is 2.22. The number of hydrogen-bond acceptors (Lipinski definition) is 1.